The molecule has 1 amide bonds. The maximum absolute atomic E-state index is 11.4. The van der Waals surface area contributed by atoms with E-state index in [1.807, 2.05) is 24.3 Å². The van der Waals surface area contributed by atoms with Gasteiger partial charge in [-0.25, -0.2) is 0 Å². The molecule has 0 spiro atoms. The predicted molar refractivity (Wildman–Crippen MR) is 67.3 cm³/mol. The van der Waals surface area contributed by atoms with Crippen molar-refractivity contribution in [2.45, 2.75) is 25.9 Å². The Morgan fingerprint density at radius 3 is 2.53 bits per heavy atom. The molecule has 1 aromatic rings. The average Bonchev–Trinajstić information content (AvgIpc) is 2.37. The van der Waals surface area contributed by atoms with Crippen LogP contribution in [0.2, 0.25) is 0 Å². The zero-order chi connectivity index (χ0) is 12.5. The van der Waals surface area contributed by atoms with Crippen molar-refractivity contribution in [3.63, 3.8) is 0 Å². The van der Waals surface area contributed by atoms with Crippen molar-refractivity contribution in [1.29, 1.82) is 0 Å². The minimum absolute atomic E-state index is 0.0601. The molecule has 0 saturated heterocycles. The van der Waals surface area contributed by atoms with Crippen molar-refractivity contribution >= 4 is 5.91 Å². The van der Waals surface area contributed by atoms with Crippen LogP contribution in [0.5, 0.6) is 0 Å². The number of nitrogens with one attached hydrogen (secondary N) is 1. The Balaban J connectivity index is 2.27. The Morgan fingerprint density at radius 2 is 1.94 bits per heavy atom. The number of hydrogen-bond donors (Lipinski definition) is 2. The fraction of sp³-hybridized carbons (Fsp3) is 0.462. The number of benzene rings is 1. The van der Waals surface area contributed by atoms with Crippen LogP contribution in [-0.2, 0) is 22.6 Å². The second-order valence-electron chi connectivity index (χ2n) is 3.89. The van der Waals surface area contributed by atoms with Crippen molar-refractivity contribution in [3.05, 3.63) is 35.4 Å². The zero-order valence-electron chi connectivity index (χ0n) is 10.2. The maximum atomic E-state index is 11.4. The lowest BCUT2D eigenvalue weighted by molar-refractivity contribution is -0.121. The number of methoxy groups -OCH3 is 1. The van der Waals surface area contributed by atoms with E-state index in [0.717, 1.165) is 17.5 Å². The third-order valence-electron chi connectivity index (χ3n) is 2.50. The highest BCUT2D eigenvalue weighted by molar-refractivity contribution is 5.75. The highest BCUT2D eigenvalue weighted by Gasteiger charge is 2.00. The van der Waals surface area contributed by atoms with Crippen LogP contribution in [0, 0.1) is 0 Å². The van der Waals surface area contributed by atoms with E-state index in [9.17, 15) is 4.79 Å². The van der Waals surface area contributed by atoms with Gasteiger partial charge in [-0.2, -0.15) is 0 Å². The molecule has 94 valence electrons. The molecular formula is C13H20N2O2. The normalized spacial score (nSPS) is 10.2. The lowest BCUT2D eigenvalue weighted by Crippen LogP contribution is -2.22. The standard InChI is InChI=1S/C13H20N2O2/c1-17-8-2-3-13(16)15-10-12-6-4-11(9-14)5-7-12/h4-7H,2-3,8-10,14H2,1H3,(H,15,16). The van der Waals surface area contributed by atoms with E-state index in [0.29, 0.717) is 26.1 Å². The van der Waals surface area contributed by atoms with Crippen LogP contribution in [0.1, 0.15) is 24.0 Å². The first-order chi connectivity index (χ1) is 8.26. The molecule has 1 aromatic carbocycles. The summed E-state index contributed by atoms with van der Waals surface area (Å²) in [4.78, 5) is 11.4. The van der Waals surface area contributed by atoms with Crippen LogP contribution in [0.15, 0.2) is 24.3 Å². The van der Waals surface area contributed by atoms with E-state index in [2.05, 4.69) is 5.32 Å². The number of amides is 1. The van der Waals surface area contributed by atoms with Crippen molar-refractivity contribution in [2.24, 2.45) is 5.73 Å². The number of ether oxygens (including phenoxy) is 1. The van der Waals surface area contributed by atoms with E-state index < -0.39 is 0 Å². The second kappa shape index (κ2) is 7.81. The summed E-state index contributed by atoms with van der Waals surface area (Å²) in [5.41, 5.74) is 7.69. The van der Waals surface area contributed by atoms with Gasteiger partial charge in [-0.05, 0) is 17.5 Å². The van der Waals surface area contributed by atoms with Crippen LogP contribution in [0.3, 0.4) is 0 Å². The second-order valence-corrected chi connectivity index (χ2v) is 3.89. The minimum atomic E-state index is 0.0601. The van der Waals surface area contributed by atoms with Crippen molar-refractivity contribution in [1.82, 2.24) is 5.32 Å². The van der Waals surface area contributed by atoms with Crippen LogP contribution < -0.4 is 11.1 Å². The lowest BCUT2D eigenvalue weighted by atomic mass is 10.1. The first-order valence-corrected chi connectivity index (χ1v) is 5.79. The third kappa shape index (κ3) is 5.47. The molecule has 0 radical (unpaired) electrons. The molecule has 0 aliphatic carbocycles. The number of nitrogens with two attached hydrogens (primary N) is 1. The molecule has 17 heavy (non-hydrogen) atoms. The number of rotatable bonds is 7. The zero-order valence-corrected chi connectivity index (χ0v) is 10.2. The monoisotopic (exact) mass is 236 g/mol. The summed E-state index contributed by atoms with van der Waals surface area (Å²) < 4.78 is 4.89. The SMILES string of the molecule is COCCCC(=O)NCc1ccc(CN)cc1. The van der Waals surface area contributed by atoms with Crippen LogP contribution in [-0.4, -0.2) is 19.6 Å². The number of hydrogen-bond acceptors (Lipinski definition) is 3. The molecule has 1 rings (SSSR count). The minimum Gasteiger partial charge on any atom is -0.385 e. The first-order valence-electron chi connectivity index (χ1n) is 5.79. The van der Waals surface area contributed by atoms with E-state index in [-0.39, 0.29) is 5.91 Å². The van der Waals surface area contributed by atoms with Gasteiger partial charge in [0.2, 0.25) is 5.91 Å². The molecule has 0 unspecified atom stereocenters. The van der Waals surface area contributed by atoms with E-state index in [4.69, 9.17) is 10.5 Å². The van der Waals surface area contributed by atoms with Crippen molar-refractivity contribution < 1.29 is 9.53 Å². The largest absolute Gasteiger partial charge is 0.385 e. The summed E-state index contributed by atoms with van der Waals surface area (Å²) in [6, 6.07) is 7.92. The van der Waals surface area contributed by atoms with Gasteiger partial charge in [0, 0.05) is 33.2 Å². The lowest BCUT2D eigenvalue weighted by Gasteiger charge is -2.06. The Hall–Kier alpha value is -1.39. The van der Waals surface area contributed by atoms with Crippen molar-refractivity contribution in [2.75, 3.05) is 13.7 Å². The number of carbonyl (C=O) groups excluding carboxylic acids is 1. The summed E-state index contributed by atoms with van der Waals surface area (Å²) in [7, 11) is 1.64. The first kappa shape index (κ1) is 13.7. The molecule has 4 nitrogen and oxygen atoms in total. The van der Waals surface area contributed by atoms with Crippen LogP contribution in [0.4, 0.5) is 0 Å². The molecule has 4 heteroatoms. The molecular weight excluding hydrogens is 216 g/mol. The highest BCUT2D eigenvalue weighted by Crippen LogP contribution is 2.03. The molecule has 3 N–H and O–H groups in total. The number of carbonyl (C=O) groups is 1. The molecule has 0 heterocycles. The quantitative estimate of drug-likeness (QED) is 0.699. The summed E-state index contributed by atoms with van der Waals surface area (Å²) in [6.45, 7) is 1.74. The van der Waals surface area contributed by atoms with E-state index >= 15 is 0 Å². The maximum Gasteiger partial charge on any atom is 0.220 e. The molecule has 0 bridgehead atoms. The van der Waals surface area contributed by atoms with Gasteiger partial charge in [0.1, 0.15) is 0 Å². The van der Waals surface area contributed by atoms with Gasteiger partial charge in [0.15, 0.2) is 0 Å². The van der Waals surface area contributed by atoms with Gasteiger partial charge in [-0.15, -0.1) is 0 Å². The summed E-state index contributed by atoms with van der Waals surface area (Å²) in [5.74, 6) is 0.0601. The van der Waals surface area contributed by atoms with Crippen LogP contribution in [0.25, 0.3) is 0 Å². The highest BCUT2D eigenvalue weighted by atomic mass is 16.5. The van der Waals surface area contributed by atoms with Gasteiger partial charge >= 0.3 is 0 Å². The Kier molecular flexibility index (Phi) is 6.29. The molecule has 0 fully saturated rings. The summed E-state index contributed by atoms with van der Waals surface area (Å²) in [6.07, 6.45) is 1.27. The summed E-state index contributed by atoms with van der Waals surface area (Å²) in [5, 5.41) is 2.87. The molecule has 0 atom stereocenters. The Labute approximate surface area is 102 Å². The molecule has 0 aliphatic rings. The molecule has 0 aliphatic heterocycles. The molecule has 0 aromatic heterocycles. The van der Waals surface area contributed by atoms with Gasteiger partial charge in [-0.1, -0.05) is 24.3 Å². The third-order valence-corrected chi connectivity index (χ3v) is 2.50. The average molecular weight is 236 g/mol. The Morgan fingerprint density at radius 1 is 1.29 bits per heavy atom. The van der Waals surface area contributed by atoms with E-state index in [1.54, 1.807) is 7.11 Å². The molecule has 0 saturated carbocycles. The van der Waals surface area contributed by atoms with Gasteiger partial charge in [0.05, 0.1) is 0 Å². The van der Waals surface area contributed by atoms with Gasteiger partial charge < -0.3 is 15.8 Å². The fourth-order valence-corrected chi connectivity index (χ4v) is 1.46. The van der Waals surface area contributed by atoms with Crippen LogP contribution >= 0.6 is 0 Å². The fourth-order valence-electron chi connectivity index (χ4n) is 1.46. The van der Waals surface area contributed by atoms with Gasteiger partial charge in [-0.3, -0.25) is 4.79 Å². The smallest absolute Gasteiger partial charge is 0.220 e. The predicted octanol–water partition coefficient (Wildman–Crippen LogP) is 1.19. The van der Waals surface area contributed by atoms with Gasteiger partial charge in [0.25, 0.3) is 0 Å². The topological polar surface area (TPSA) is 64.3 Å². The Bertz CT molecular complexity index is 336. The van der Waals surface area contributed by atoms with E-state index in [1.165, 1.54) is 0 Å². The summed E-state index contributed by atoms with van der Waals surface area (Å²) >= 11 is 0. The van der Waals surface area contributed by atoms with Crippen molar-refractivity contribution in [3.8, 4) is 0 Å².